The van der Waals surface area contributed by atoms with E-state index in [1.165, 1.54) is 24.4 Å². The van der Waals surface area contributed by atoms with Crippen LogP contribution in [-0.2, 0) is 15.0 Å². The molecule has 216 valence electrons. The van der Waals surface area contributed by atoms with Gasteiger partial charge in [0.25, 0.3) is 0 Å². The van der Waals surface area contributed by atoms with Crippen LogP contribution in [0.5, 0.6) is 0 Å². The number of carbonyl (C=O) groups is 2. The van der Waals surface area contributed by atoms with E-state index in [0.717, 1.165) is 55.6 Å². The summed E-state index contributed by atoms with van der Waals surface area (Å²) >= 11 is 0. The minimum atomic E-state index is -0.371. The molecule has 2 N–H and O–H groups in total. The number of aryl methyl sites for hydroxylation is 1. The van der Waals surface area contributed by atoms with Crippen LogP contribution in [-0.4, -0.2) is 62.9 Å². The van der Waals surface area contributed by atoms with Gasteiger partial charge in [-0.2, -0.15) is 0 Å². The van der Waals surface area contributed by atoms with Gasteiger partial charge in [0.1, 0.15) is 11.6 Å². The molecule has 41 heavy (non-hydrogen) atoms. The van der Waals surface area contributed by atoms with Gasteiger partial charge in [-0.05, 0) is 100 Å². The Kier molecular flexibility index (Phi) is 6.64. The van der Waals surface area contributed by atoms with Crippen molar-refractivity contribution in [3.8, 4) is 0 Å². The molecule has 4 aliphatic rings. The van der Waals surface area contributed by atoms with Crippen molar-refractivity contribution >= 4 is 22.8 Å². The number of amides is 2. The second kappa shape index (κ2) is 10.2. The Labute approximate surface area is 240 Å². The lowest BCUT2D eigenvalue weighted by Crippen LogP contribution is -2.49. The summed E-state index contributed by atoms with van der Waals surface area (Å²) in [5.74, 6) is 0.0332. The molecule has 3 unspecified atom stereocenters. The standard InChI is InChI=1S/C33H40FN5O2/c1-21-36-29-7-2-3-8-30(29)39(21)26-18-24-9-10-25(19-26)38(24)16-13-33(22-5-4-6-23(34)17-22)11-14-37(15-12-33)32(41)28-20-27(28)31(35)40/h2-8,17,24-28H,9-16,18-20H2,1H3,(H2,35,40)/t24-,25+,26?,27?,28?. The van der Waals surface area contributed by atoms with Crippen molar-refractivity contribution < 1.29 is 14.0 Å². The number of halogens is 1. The van der Waals surface area contributed by atoms with E-state index in [1.54, 1.807) is 6.07 Å². The third-order valence-corrected chi connectivity index (χ3v) is 10.8. The fourth-order valence-corrected chi connectivity index (χ4v) is 8.46. The molecule has 7 nitrogen and oxygen atoms in total. The number of nitrogens with zero attached hydrogens (tertiary/aromatic N) is 4. The summed E-state index contributed by atoms with van der Waals surface area (Å²) in [5, 5.41) is 0. The fourth-order valence-electron chi connectivity index (χ4n) is 8.46. The molecule has 7 rings (SSSR count). The molecular formula is C33H40FN5O2. The maximum Gasteiger partial charge on any atom is 0.226 e. The Morgan fingerprint density at radius 2 is 1.71 bits per heavy atom. The van der Waals surface area contributed by atoms with Crippen LogP contribution in [0.3, 0.4) is 0 Å². The third-order valence-electron chi connectivity index (χ3n) is 10.8. The Bertz CT molecular complexity index is 1460. The first-order valence-corrected chi connectivity index (χ1v) is 15.4. The van der Waals surface area contributed by atoms with Gasteiger partial charge in [-0.25, -0.2) is 9.37 Å². The van der Waals surface area contributed by atoms with Crippen LogP contribution in [0.2, 0.25) is 0 Å². The van der Waals surface area contributed by atoms with Crippen molar-refractivity contribution in [2.75, 3.05) is 19.6 Å². The van der Waals surface area contributed by atoms with E-state index in [4.69, 9.17) is 10.7 Å². The lowest BCUT2D eigenvalue weighted by molar-refractivity contribution is -0.136. The van der Waals surface area contributed by atoms with Crippen LogP contribution < -0.4 is 5.73 Å². The molecule has 0 radical (unpaired) electrons. The monoisotopic (exact) mass is 557 g/mol. The molecule has 2 aromatic carbocycles. The second-order valence-corrected chi connectivity index (χ2v) is 13.0. The molecule has 1 aromatic heterocycles. The molecule has 3 aliphatic heterocycles. The average molecular weight is 558 g/mol. The number of carbonyl (C=O) groups excluding carboxylic acids is 2. The number of imidazole rings is 1. The number of hydrogen-bond acceptors (Lipinski definition) is 4. The fraction of sp³-hybridized carbons (Fsp3) is 0.545. The zero-order valence-corrected chi connectivity index (χ0v) is 23.8. The van der Waals surface area contributed by atoms with Gasteiger partial charge in [0.05, 0.1) is 22.9 Å². The van der Waals surface area contributed by atoms with Crippen LogP contribution in [0.1, 0.15) is 68.8 Å². The summed E-state index contributed by atoms with van der Waals surface area (Å²) < 4.78 is 16.9. The zero-order chi connectivity index (χ0) is 28.3. The summed E-state index contributed by atoms with van der Waals surface area (Å²) in [6.07, 6.45) is 7.87. The summed E-state index contributed by atoms with van der Waals surface area (Å²) in [6, 6.07) is 17.1. The number of aromatic nitrogens is 2. The number of para-hydroxylation sites is 2. The molecule has 2 amide bonds. The van der Waals surface area contributed by atoms with Crippen LogP contribution in [0.25, 0.3) is 11.0 Å². The lowest BCUT2D eigenvalue weighted by Gasteiger charge is -2.45. The number of primary amides is 1. The molecule has 3 aromatic rings. The summed E-state index contributed by atoms with van der Waals surface area (Å²) in [7, 11) is 0. The molecule has 4 heterocycles. The number of likely N-dealkylation sites (tertiary alicyclic amines) is 1. The van der Waals surface area contributed by atoms with Crippen molar-refractivity contribution in [2.45, 2.75) is 81.8 Å². The van der Waals surface area contributed by atoms with Gasteiger partial charge in [0.2, 0.25) is 11.8 Å². The van der Waals surface area contributed by atoms with E-state index in [9.17, 15) is 14.0 Å². The molecule has 8 heteroatoms. The van der Waals surface area contributed by atoms with E-state index in [0.29, 0.717) is 37.6 Å². The third kappa shape index (κ3) is 4.74. The molecule has 4 fully saturated rings. The van der Waals surface area contributed by atoms with Crippen LogP contribution in [0.4, 0.5) is 4.39 Å². The predicted molar refractivity (Wildman–Crippen MR) is 156 cm³/mol. The van der Waals surface area contributed by atoms with Crippen LogP contribution >= 0.6 is 0 Å². The predicted octanol–water partition coefficient (Wildman–Crippen LogP) is 4.72. The minimum Gasteiger partial charge on any atom is -0.369 e. The van der Waals surface area contributed by atoms with Gasteiger partial charge in [-0.1, -0.05) is 24.3 Å². The maximum atomic E-state index is 14.5. The van der Waals surface area contributed by atoms with Gasteiger partial charge >= 0.3 is 0 Å². The van der Waals surface area contributed by atoms with E-state index >= 15 is 0 Å². The topological polar surface area (TPSA) is 84.5 Å². The van der Waals surface area contributed by atoms with Crippen molar-refractivity contribution in [3.63, 3.8) is 0 Å². The van der Waals surface area contributed by atoms with Crippen LogP contribution in [0, 0.1) is 24.6 Å². The van der Waals surface area contributed by atoms with Gasteiger partial charge in [-0.15, -0.1) is 0 Å². The normalized spacial score (nSPS) is 29.1. The number of nitrogens with two attached hydrogens (primary N) is 1. The minimum absolute atomic E-state index is 0.0593. The average Bonchev–Trinajstić information content (AvgIpc) is 3.65. The summed E-state index contributed by atoms with van der Waals surface area (Å²) in [4.78, 5) is 34.1. The van der Waals surface area contributed by atoms with Crippen LogP contribution in [0.15, 0.2) is 48.5 Å². The van der Waals surface area contributed by atoms with Crippen molar-refractivity contribution in [1.82, 2.24) is 19.4 Å². The number of piperidine rings is 2. The number of hydrogen-bond donors (Lipinski definition) is 1. The SMILES string of the molecule is Cc1nc2ccccc2n1C1C[C@H]2CC[C@@H](C1)N2CCC1(c2cccc(F)c2)CCN(C(=O)C2CC2C(N)=O)CC1. The van der Waals surface area contributed by atoms with Gasteiger partial charge in [0.15, 0.2) is 0 Å². The van der Waals surface area contributed by atoms with Crippen molar-refractivity contribution in [3.05, 3.63) is 65.7 Å². The molecular weight excluding hydrogens is 517 g/mol. The zero-order valence-electron chi connectivity index (χ0n) is 23.8. The Morgan fingerprint density at radius 3 is 2.39 bits per heavy atom. The van der Waals surface area contributed by atoms with Crippen molar-refractivity contribution in [1.29, 1.82) is 0 Å². The Balaban J connectivity index is 1.06. The first-order chi connectivity index (χ1) is 19.8. The van der Waals surface area contributed by atoms with Crippen molar-refractivity contribution in [2.24, 2.45) is 17.6 Å². The molecule has 1 saturated carbocycles. The highest BCUT2D eigenvalue weighted by molar-refractivity contribution is 5.91. The smallest absolute Gasteiger partial charge is 0.226 e. The van der Waals surface area contributed by atoms with E-state index in [-0.39, 0.29) is 34.9 Å². The summed E-state index contributed by atoms with van der Waals surface area (Å²) in [6.45, 7) is 4.40. The highest BCUT2D eigenvalue weighted by Gasteiger charge is 2.50. The number of rotatable bonds is 7. The van der Waals surface area contributed by atoms with E-state index < -0.39 is 0 Å². The molecule has 3 saturated heterocycles. The highest BCUT2D eigenvalue weighted by atomic mass is 19.1. The number of fused-ring (bicyclic) bond motifs is 3. The van der Waals surface area contributed by atoms with Gasteiger partial charge in [-0.3, -0.25) is 14.5 Å². The van der Waals surface area contributed by atoms with E-state index in [2.05, 4.69) is 46.7 Å². The number of benzene rings is 2. The lowest BCUT2D eigenvalue weighted by atomic mass is 9.70. The maximum absolute atomic E-state index is 14.5. The molecule has 2 bridgehead atoms. The molecule has 1 aliphatic carbocycles. The van der Waals surface area contributed by atoms with Gasteiger partial charge < -0.3 is 15.2 Å². The Morgan fingerprint density at radius 1 is 0.976 bits per heavy atom. The quantitative estimate of drug-likeness (QED) is 0.456. The van der Waals surface area contributed by atoms with E-state index in [1.807, 2.05) is 11.0 Å². The first-order valence-electron chi connectivity index (χ1n) is 15.4. The largest absolute Gasteiger partial charge is 0.369 e. The summed E-state index contributed by atoms with van der Waals surface area (Å²) in [5.41, 5.74) is 8.64. The highest BCUT2D eigenvalue weighted by Crippen LogP contribution is 2.46. The second-order valence-electron chi connectivity index (χ2n) is 13.0. The van der Waals surface area contributed by atoms with Gasteiger partial charge in [0, 0.05) is 31.2 Å². The Hall–Kier alpha value is -3.26. The molecule has 5 atom stereocenters. The molecule has 0 spiro atoms. The first kappa shape index (κ1) is 26.6.